The number of rotatable bonds is 3. The van der Waals surface area contributed by atoms with Gasteiger partial charge in [-0.1, -0.05) is 30.3 Å². The van der Waals surface area contributed by atoms with E-state index in [4.69, 9.17) is 5.11 Å². The molecule has 0 bridgehead atoms. The average Bonchev–Trinajstić information content (AvgIpc) is 2.84. The summed E-state index contributed by atoms with van der Waals surface area (Å²) >= 11 is 0. The molecule has 1 saturated heterocycles. The summed E-state index contributed by atoms with van der Waals surface area (Å²) in [6.45, 7) is -0.0670. The third-order valence-electron chi connectivity index (χ3n) is 3.35. The van der Waals surface area contributed by atoms with Crippen molar-refractivity contribution in [1.82, 2.24) is 4.90 Å². The molecule has 0 spiro atoms. The number of carbonyl (C=O) groups is 2. The van der Waals surface area contributed by atoms with Crippen molar-refractivity contribution < 1.29 is 19.8 Å². The molecule has 0 radical (unpaired) electrons. The first-order valence-electron chi connectivity index (χ1n) is 5.80. The molecule has 2 atom stereocenters. The Morgan fingerprint density at radius 2 is 1.89 bits per heavy atom. The normalized spacial score (nSPS) is 23.1. The van der Waals surface area contributed by atoms with E-state index in [1.807, 2.05) is 30.3 Å². The van der Waals surface area contributed by atoms with Crippen LogP contribution in [0.3, 0.4) is 0 Å². The minimum Gasteiger partial charge on any atom is -0.481 e. The van der Waals surface area contributed by atoms with Gasteiger partial charge in [-0.25, -0.2) is 0 Å². The van der Waals surface area contributed by atoms with Gasteiger partial charge < -0.3 is 15.1 Å². The first-order valence-corrected chi connectivity index (χ1v) is 5.80. The van der Waals surface area contributed by atoms with Crippen molar-refractivity contribution in [3.8, 4) is 0 Å². The predicted octanol–water partition coefficient (Wildman–Crippen LogP) is 0.305. The van der Waals surface area contributed by atoms with Crippen molar-refractivity contribution in [3.63, 3.8) is 0 Å². The molecule has 96 valence electrons. The molecule has 18 heavy (non-hydrogen) atoms. The Labute approximate surface area is 105 Å². The van der Waals surface area contributed by atoms with Crippen LogP contribution in [0.5, 0.6) is 0 Å². The van der Waals surface area contributed by atoms with Gasteiger partial charge in [-0.15, -0.1) is 0 Å². The highest BCUT2D eigenvalue weighted by atomic mass is 16.4. The first-order chi connectivity index (χ1) is 8.63. The number of nitrogens with zero attached hydrogens (tertiary/aromatic N) is 1. The van der Waals surface area contributed by atoms with E-state index in [0.29, 0.717) is 6.54 Å². The lowest BCUT2D eigenvalue weighted by molar-refractivity contribution is -0.142. The fourth-order valence-corrected chi connectivity index (χ4v) is 2.40. The van der Waals surface area contributed by atoms with Crippen molar-refractivity contribution >= 4 is 11.9 Å². The minimum atomic E-state index is -0.905. The van der Waals surface area contributed by atoms with Crippen LogP contribution in [0, 0.1) is 5.92 Å². The van der Waals surface area contributed by atoms with E-state index in [2.05, 4.69) is 0 Å². The van der Waals surface area contributed by atoms with Crippen LogP contribution < -0.4 is 0 Å². The number of aliphatic hydroxyl groups excluding tert-OH is 1. The Balaban J connectivity index is 2.23. The lowest BCUT2D eigenvalue weighted by Gasteiger charge is -2.15. The number of aliphatic carboxylic acids is 1. The molecule has 0 unspecified atom stereocenters. The highest BCUT2D eigenvalue weighted by Gasteiger charge is 2.40. The van der Waals surface area contributed by atoms with Gasteiger partial charge in [0.25, 0.3) is 0 Å². The third-order valence-corrected chi connectivity index (χ3v) is 3.35. The fraction of sp³-hybridized carbons (Fsp3) is 0.385. The van der Waals surface area contributed by atoms with Crippen LogP contribution in [0.25, 0.3) is 0 Å². The molecule has 1 heterocycles. The molecule has 0 aromatic heterocycles. The number of carboxylic acids is 1. The monoisotopic (exact) mass is 249 g/mol. The van der Waals surface area contributed by atoms with Crippen LogP contribution in [0.15, 0.2) is 30.3 Å². The lowest BCUT2D eigenvalue weighted by atomic mass is 9.89. The molecular weight excluding hydrogens is 234 g/mol. The van der Waals surface area contributed by atoms with Gasteiger partial charge in [-0.3, -0.25) is 9.59 Å². The smallest absolute Gasteiger partial charge is 0.308 e. The number of benzene rings is 1. The molecule has 0 saturated carbocycles. The number of likely N-dealkylation sites (tertiary alicyclic amines) is 1. The number of aliphatic hydroxyl groups is 1. The predicted molar refractivity (Wildman–Crippen MR) is 64.0 cm³/mol. The summed E-state index contributed by atoms with van der Waals surface area (Å²) < 4.78 is 0. The minimum absolute atomic E-state index is 0.161. The van der Waals surface area contributed by atoms with Crippen molar-refractivity contribution in [2.45, 2.75) is 5.92 Å². The Kier molecular flexibility index (Phi) is 3.62. The van der Waals surface area contributed by atoms with E-state index in [-0.39, 0.29) is 12.5 Å². The first kappa shape index (κ1) is 12.6. The average molecular weight is 249 g/mol. The summed E-state index contributed by atoms with van der Waals surface area (Å²) in [5, 5.41) is 18.1. The molecule has 1 aliphatic heterocycles. The second-order valence-electron chi connectivity index (χ2n) is 4.42. The van der Waals surface area contributed by atoms with Gasteiger partial charge in [0.1, 0.15) is 6.61 Å². The Morgan fingerprint density at radius 3 is 2.44 bits per heavy atom. The fourth-order valence-electron chi connectivity index (χ4n) is 2.40. The van der Waals surface area contributed by atoms with Gasteiger partial charge in [0.15, 0.2) is 0 Å². The van der Waals surface area contributed by atoms with Crippen LogP contribution in [0.4, 0.5) is 0 Å². The molecule has 1 aromatic carbocycles. The van der Waals surface area contributed by atoms with Gasteiger partial charge in [-0.05, 0) is 5.56 Å². The zero-order valence-electron chi connectivity index (χ0n) is 9.82. The Morgan fingerprint density at radius 1 is 1.22 bits per heavy atom. The number of hydrogen-bond acceptors (Lipinski definition) is 3. The summed E-state index contributed by atoms with van der Waals surface area (Å²) in [5.74, 6) is -2.14. The summed E-state index contributed by atoms with van der Waals surface area (Å²) in [6, 6.07) is 9.31. The Bertz CT molecular complexity index is 446. The molecule has 0 aliphatic carbocycles. The topological polar surface area (TPSA) is 77.8 Å². The molecular formula is C13H15NO4. The molecule has 5 heteroatoms. The zero-order chi connectivity index (χ0) is 13.1. The van der Waals surface area contributed by atoms with Crippen molar-refractivity contribution in [2.24, 2.45) is 5.92 Å². The van der Waals surface area contributed by atoms with E-state index in [1.54, 1.807) is 0 Å². The van der Waals surface area contributed by atoms with E-state index >= 15 is 0 Å². The molecule has 5 nitrogen and oxygen atoms in total. The molecule has 1 aromatic rings. The summed E-state index contributed by atoms with van der Waals surface area (Å²) in [6.07, 6.45) is 0. The summed E-state index contributed by atoms with van der Waals surface area (Å²) in [5.41, 5.74) is 0.915. The van der Waals surface area contributed by atoms with Gasteiger partial charge in [-0.2, -0.15) is 0 Å². The molecule has 2 N–H and O–H groups in total. The summed E-state index contributed by atoms with van der Waals surface area (Å²) in [4.78, 5) is 24.1. The van der Waals surface area contributed by atoms with Gasteiger partial charge in [0, 0.05) is 19.0 Å². The molecule has 2 rings (SSSR count). The second kappa shape index (κ2) is 5.18. The van der Waals surface area contributed by atoms with Crippen LogP contribution in [-0.2, 0) is 9.59 Å². The van der Waals surface area contributed by atoms with E-state index in [0.717, 1.165) is 5.56 Å². The molecule has 1 amide bonds. The lowest BCUT2D eigenvalue weighted by Crippen LogP contribution is -2.32. The van der Waals surface area contributed by atoms with Crippen molar-refractivity contribution in [3.05, 3.63) is 35.9 Å². The zero-order valence-corrected chi connectivity index (χ0v) is 9.82. The van der Waals surface area contributed by atoms with E-state index in [1.165, 1.54) is 4.90 Å². The van der Waals surface area contributed by atoms with Crippen LogP contribution in [-0.4, -0.2) is 46.7 Å². The standard InChI is InChI=1S/C13H15NO4/c15-8-12(16)14-6-10(11(7-14)13(17)18)9-4-2-1-3-5-9/h1-5,10-11,15H,6-8H2,(H,17,18)/t10-,11-/m0/s1. The second-order valence-corrected chi connectivity index (χ2v) is 4.42. The molecule has 1 aliphatic rings. The third kappa shape index (κ3) is 2.36. The maximum Gasteiger partial charge on any atom is 0.308 e. The van der Waals surface area contributed by atoms with Crippen molar-refractivity contribution in [2.75, 3.05) is 19.7 Å². The van der Waals surface area contributed by atoms with Gasteiger partial charge in [0.2, 0.25) is 5.91 Å². The van der Waals surface area contributed by atoms with E-state index in [9.17, 15) is 14.7 Å². The van der Waals surface area contributed by atoms with Gasteiger partial charge >= 0.3 is 5.97 Å². The summed E-state index contributed by atoms with van der Waals surface area (Å²) in [7, 11) is 0. The van der Waals surface area contributed by atoms with Crippen LogP contribution in [0.2, 0.25) is 0 Å². The Hall–Kier alpha value is -1.88. The molecule has 1 fully saturated rings. The quantitative estimate of drug-likeness (QED) is 0.808. The maximum absolute atomic E-state index is 11.4. The van der Waals surface area contributed by atoms with Crippen LogP contribution >= 0.6 is 0 Å². The highest BCUT2D eigenvalue weighted by Crippen LogP contribution is 2.32. The highest BCUT2D eigenvalue weighted by molar-refractivity contribution is 5.80. The SMILES string of the molecule is O=C(O)[C@H]1CN(C(=O)CO)C[C@H]1c1ccccc1. The maximum atomic E-state index is 11.4. The van der Waals surface area contributed by atoms with Gasteiger partial charge in [0.05, 0.1) is 5.92 Å². The number of hydrogen-bond donors (Lipinski definition) is 2. The van der Waals surface area contributed by atoms with E-state index < -0.39 is 24.4 Å². The number of amides is 1. The van der Waals surface area contributed by atoms with Crippen molar-refractivity contribution in [1.29, 1.82) is 0 Å². The number of carbonyl (C=O) groups excluding carboxylic acids is 1. The number of carboxylic acid groups (broad SMARTS) is 1. The largest absolute Gasteiger partial charge is 0.481 e. The van der Waals surface area contributed by atoms with Crippen LogP contribution in [0.1, 0.15) is 11.5 Å².